The number of benzene rings is 2. The van der Waals surface area contributed by atoms with E-state index in [0.29, 0.717) is 31.7 Å². The van der Waals surface area contributed by atoms with Gasteiger partial charge in [0, 0.05) is 32.3 Å². The van der Waals surface area contributed by atoms with Gasteiger partial charge in [0.1, 0.15) is 0 Å². The lowest BCUT2D eigenvalue weighted by atomic mass is 10.1. The van der Waals surface area contributed by atoms with Crippen LogP contribution in [0.2, 0.25) is 0 Å². The number of aryl methyl sites for hydroxylation is 1. The molecule has 2 aromatic carbocycles. The molecule has 1 aliphatic rings. The van der Waals surface area contributed by atoms with Crippen LogP contribution in [0.5, 0.6) is 0 Å². The number of para-hydroxylation sites is 2. The highest BCUT2D eigenvalue weighted by molar-refractivity contribution is 5.92. The molecular formula is C24H24N4O3. The molecule has 1 aliphatic heterocycles. The van der Waals surface area contributed by atoms with Gasteiger partial charge in [-0.3, -0.25) is 4.79 Å². The lowest BCUT2D eigenvalue weighted by Gasteiger charge is -2.35. The van der Waals surface area contributed by atoms with Crippen LogP contribution in [-0.2, 0) is 9.53 Å². The Morgan fingerprint density at radius 2 is 1.58 bits per heavy atom. The Labute approximate surface area is 181 Å². The van der Waals surface area contributed by atoms with Crippen molar-refractivity contribution in [3.05, 3.63) is 71.4 Å². The van der Waals surface area contributed by atoms with Crippen molar-refractivity contribution in [3.8, 4) is 0 Å². The molecule has 0 spiro atoms. The van der Waals surface area contributed by atoms with Gasteiger partial charge in [-0.05, 0) is 42.8 Å². The number of rotatable bonds is 4. The molecule has 1 saturated heterocycles. The van der Waals surface area contributed by atoms with E-state index in [2.05, 4.69) is 9.88 Å². The number of esters is 1. The molecule has 1 amide bonds. The second kappa shape index (κ2) is 8.95. The highest BCUT2D eigenvalue weighted by atomic mass is 16.5. The lowest BCUT2D eigenvalue weighted by molar-refractivity contribution is -0.126. The van der Waals surface area contributed by atoms with E-state index in [1.165, 1.54) is 7.11 Å². The first-order valence-electron chi connectivity index (χ1n) is 10.2. The SMILES string of the molecule is COC(=O)c1ccc(/C=C/C(=O)N2CCN(c3nc4ccccc4nc3C)CC2)cc1. The number of aromatic nitrogens is 2. The van der Waals surface area contributed by atoms with E-state index in [0.717, 1.165) is 28.1 Å². The summed E-state index contributed by atoms with van der Waals surface area (Å²) in [5, 5.41) is 0. The summed E-state index contributed by atoms with van der Waals surface area (Å²) in [6, 6.07) is 14.8. The fourth-order valence-electron chi connectivity index (χ4n) is 3.64. The van der Waals surface area contributed by atoms with E-state index in [9.17, 15) is 9.59 Å². The smallest absolute Gasteiger partial charge is 0.337 e. The van der Waals surface area contributed by atoms with Crippen molar-refractivity contribution in [2.45, 2.75) is 6.92 Å². The third kappa shape index (κ3) is 4.55. The average molecular weight is 416 g/mol. The Kier molecular flexibility index (Phi) is 5.93. The third-order valence-corrected chi connectivity index (χ3v) is 5.36. The van der Waals surface area contributed by atoms with Gasteiger partial charge in [-0.1, -0.05) is 24.3 Å². The van der Waals surface area contributed by atoms with Crippen molar-refractivity contribution in [1.29, 1.82) is 0 Å². The molecule has 1 aromatic heterocycles. The number of anilines is 1. The lowest BCUT2D eigenvalue weighted by Crippen LogP contribution is -2.48. The van der Waals surface area contributed by atoms with Gasteiger partial charge in [-0.2, -0.15) is 0 Å². The number of piperazine rings is 1. The van der Waals surface area contributed by atoms with Gasteiger partial charge in [-0.25, -0.2) is 14.8 Å². The van der Waals surface area contributed by atoms with Crippen molar-refractivity contribution in [1.82, 2.24) is 14.9 Å². The number of amides is 1. The quantitative estimate of drug-likeness (QED) is 0.481. The average Bonchev–Trinajstić information content (AvgIpc) is 2.82. The van der Waals surface area contributed by atoms with Crippen LogP contribution < -0.4 is 4.90 Å². The van der Waals surface area contributed by atoms with Crippen LogP contribution in [0.15, 0.2) is 54.6 Å². The second-order valence-electron chi connectivity index (χ2n) is 7.38. The number of fused-ring (bicyclic) bond motifs is 1. The zero-order chi connectivity index (χ0) is 21.8. The number of carbonyl (C=O) groups excluding carboxylic acids is 2. The molecule has 0 unspecified atom stereocenters. The minimum atomic E-state index is -0.379. The van der Waals surface area contributed by atoms with E-state index in [4.69, 9.17) is 9.72 Å². The van der Waals surface area contributed by atoms with Gasteiger partial charge >= 0.3 is 5.97 Å². The maximum atomic E-state index is 12.6. The van der Waals surface area contributed by atoms with E-state index in [-0.39, 0.29) is 11.9 Å². The summed E-state index contributed by atoms with van der Waals surface area (Å²) in [7, 11) is 1.35. The number of methoxy groups -OCH3 is 1. The minimum Gasteiger partial charge on any atom is -0.465 e. The van der Waals surface area contributed by atoms with Crippen molar-refractivity contribution in [3.63, 3.8) is 0 Å². The molecule has 0 N–H and O–H groups in total. The number of hydrogen-bond acceptors (Lipinski definition) is 6. The summed E-state index contributed by atoms with van der Waals surface area (Å²) in [6.45, 7) is 4.64. The molecule has 3 aromatic rings. The normalized spacial score (nSPS) is 14.3. The minimum absolute atomic E-state index is 0.0296. The van der Waals surface area contributed by atoms with Gasteiger partial charge in [0.05, 0.1) is 29.4 Å². The highest BCUT2D eigenvalue weighted by Gasteiger charge is 2.22. The maximum Gasteiger partial charge on any atom is 0.337 e. The molecule has 31 heavy (non-hydrogen) atoms. The van der Waals surface area contributed by atoms with E-state index >= 15 is 0 Å². The van der Waals surface area contributed by atoms with Gasteiger partial charge in [-0.15, -0.1) is 0 Å². The van der Waals surface area contributed by atoms with Crippen molar-refractivity contribution < 1.29 is 14.3 Å². The molecular weight excluding hydrogens is 392 g/mol. The fraction of sp³-hybridized carbons (Fsp3) is 0.250. The molecule has 7 nitrogen and oxygen atoms in total. The molecule has 0 aliphatic carbocycles. The summed E-state index contributed by atoms with van der Waals surface area (Å²) < 4.78 is 4.69. The molecule has 0 radical (unpaired) electrons. The Morgan fingerprint density at radius 3 is 2.23 bits per heavy atom. The van der Waals surface area contributed by atoms with Crippen LogP contribution >= 0.6 is 0 Å². The Balaban J connectivity index is 1.37. The largest absolute Gasteiger partial charge is 0.465 e. The molecule has 0 atom stereocenters. The van der Waals surface area contributed by atoms with Crippen LogP contribution in [0.4, 0.5) is 5.82 Å². The summed E-state index contributed by atoms with van der Waals surface area (Å²) >= 11 is 0. The van der Waals surface area contributed by atoms with Crippen LogP contribution in [-0.4, -0.2) is 60.0 Å². The van der Waals surface area contributed by atoms with E-state index in [1.54, 1.807) is 36.4 Å². The van der Waals surface area contributed by atoms with Gasteiger partial charge in [0.2, 0.25) is 5.91 Å². The molecule has 7 heteroatoms. The monoisotopic (exact) mass is 416 g/mol. The van der Waals surface area contributed by atoms with Gasteiger partial charge < -0.3 is 14.5 Å². The first-order valence-corrected chi connectivity index (χ1v) is 10.2. The summed E-state index contributed by atoms with van der Waals surface area (Å²) in [4.78, 5) is 37.6. The zero-order valence-electron chi connectivity index (χ0n) is 17.6. The molecule has 0 bridgehead atoms. The number of carbonyl (C=O) groups is 2. The van der Waals surface area contributed by atoms with Crippen LogP contribution in [0, 0.1) is 6.92 Å². The van der Waals surface area contributed by atoms with Crippen molar-refractivity contribution in [2.75, 3.05) is 38.2 Å². The summed E-state index contributed by atoms with van der Waals surface area (Å²) in [5.74, 6) is 0.473. The first kappa shape index (κ1) is 20.5. The summed E-state index contributed by atoms with van der Waals surface area (Å²) in [6.07, 6.45) is 3.33. The number of hydrogen-bond donors (Lipinski definition) is 0. The number of ether oxygens (including phenoxy) is 1. The summed E-state index contributed by atoms with van der Waals surface area (Å²) in [5.41, 5.74) is 4.00. The topological polar surface area (TPSA) is 75.6 Å². The van der Waals surface area contributed by atoms with Crippen molar-refractivity contribution in [2.24, 2.45) is 0 Å². The van der Waals surface area contributed by atoms with E-state index < -0.39 is 0 Å². The molecule has 158 valence electrons. The molecule has 1 fully saturated rings. The van der Waals surface area contributed by atoms with E-state index in [1.807, 2.05) is 36.1 Å². The predicted molar refractivity (Wildman–Crippen MR) is 120 cm³/mol. The van der Waals surface area contributed by atoms with Gasteiger partial charge in [0.25, 0.3) is 0 Å². The van der Waals surface area contributed by atoms with Crippen LogP contribution in [0.3, 0.4) is 0 Å². The second-order valence-corrected chi connectivity index (χ2v) is 7.38. The fourth-order valence-corrected chi connectivity index (χ4v) is 3.64. The molecule has 2 heterocycles. The highest BCUT2D eigenvalue weighted by Crippen LogP contribution is 2.21. The Morgan fingerprint density at radius 1 is 0.935 bits per heavy atom. The predicted octanol–water partition coefficient (Wildman–Crippen LogP) is 3.09. The van der Waals surface area contributed by atoms with Crippen molar-refractivity contribution >= 4 is 34.8 Å². The van der Waals surface area contributed by atoms with Crippen LogP contribution in [0.25, 0.3) is 17.1 Å². The Hall–Kier alpha value is -3.74. The zero-order valence-corrected chi connectivity index (χ0v) is 17.6. The van der Waals surface area contributed by atoms with Gasteiger partial charge in [0.15, 0.2) is 5.82 Å². The first-order chi connectivity index (χ1) is 15.0. The van der Waals surface area contributed by atoms with Crippen LogP contribution in [0.1, 0.15) is 21.6 Å². The third-order valence-electron chi connectivity index (χ3n) is 5.36. The molecule has 0 saturated carbocycles. The number of nitrogens with zero attached hydrogens (tertiary/aromatic N) is 4. The standard InChI is InChI=1S/C24H24N4O3/c1-17-23(26-21-6-4-3-5-20(21)25-17)28-15-13-27(14-16-28)22(29)12-9-18-7-10-19(11-8-18)24(30)31-2/h3-12H,13-16H2,1-2H3/b12-9+. The maximum absolute atomic E-state index is 12.6. The molecule has 4 rings (SSSR count). The Bertz CT molecular complexity index is 1130.